The molecule has 0 radical (unpaired) electrons. The SMILES string of the molecule is CC(C(=O)N(C)c1cc(C(C)(C)C)nn1-c1cccc(Cl)c1)c1ccc(C(=O)Nc2ccc(C(F)(F)F)cc2)cc1. The van der Waals surface area contributed by atoms with E-state index in [-0.39, 0.29) is 17.0 Å². The van der Waals surface area contributed by atoms with Crippen LogP contribution in [-0.2, 0) is 16.4 Å². The predicted octanol–water partition coefficient (Wildman–Crippen LogP) is 7.86. The van der Waals surface area contributed by atoms with Crippen molar-refractivity contribution < 1.29 is 22.8 Å². The number of carbonyl (C=O) groups is 2. The maximum Gasteiger partial charge on any atom is 0.416 e. The second-order valence-corrected chi connectivity index (χ2v) is 11.2. The number of nitrogens with one attached hydrogen (secondary N) is 1. The molecule has 1 N–H and O–H groups in total. The Balaban J connectivity index is 1.52. The van der Waals surface area contributed by atoms with Crippen LogP contribution in [0, 0.1) is 0 Å². The number of aromatic nitrogens is 2. The van der Waals surface area contributed by atoms with Crippen molar-refractivity contribution in [2.45, 2.75) is 45.2 Å². The topological polar surface area (TPSA) is 67.2 Å². The van der Waals surface area contributed by atoms with Gasteiger partial charge in [0, 0.05) is 34.8 Å². The van der Waals surface area contributed by atoms with Crippen molar-refractivity contribution in [2.24, 2.45) is 0 Å². The lowest BCUT2D eigenvalue weighted by atomic mass is 9.92. The lowest BCUT2D eigenvalue weighted by molar-refractivity contribution is -0.137. The number of rotatable bonds is 6. The number of hydrogen-bond acceptors (Lipinski definition) is 3. The van der Waals surface area contributed by atoms with Crippen LogP contribution in [0.1, 0.15) is 60.8 Å². The number of carbonyl (C=O) groups excluding carboxylic acids is 2. The van der Waals surface area contributed by atoms with Crippen molar-refractivity contribution in [3.05, 3.63) is 106 Å². The zero-order chi connectivity index (χ0) is 30.1. The Morgan fingerprint density at radius 3 is 2.15 bits per heavy atom. The maximum absolute atomic E-state index is 13.6. The molecule has 10 heteroatoms. The van der Waals surface area contributed by atoms with Crippen LogP contribution in [0.5, 0.6) is 0 Å². The van der Waals surface area contributed by atoms with Crippen molar-refractivity contribution in [2.75, 3.05) is 17.3 Å². The van der Waals surface area contributed by atoms with Gasteiger partial charge in [0.25, 0.3) is 5.91 Å². The smallest absolute Gasteiger partial charge is 0.322 e. The normalized spacial score (nSPS) is 12.6. The van der Waals surface area contributed by atoms with Gasteiger partial charge in [0.05, 0.1) is 22.9 Å². The van der Waals surface area contributed by atoms with Crippen LogP contribution >= 0.6 is 11.6 Å². The van der Waals surface area contributed by atoms with E-state index in [0.29, 0.717) is 22.0 Å². The molecule has 214 valence electrons. The minimum atomic E-state index is -4.45. The highest BCUT2D eigenvalue weighted by molar-refractivity contribution is 6.30. The van der Waals surface area contributed by atoms with Crippen molar-refractivity contribution in [1.82, 2.24) is 9.78 Å². The van der Waals surface area contributed by atoms with E-state index in [4.69, 9.17) is 16.7 Å². The fraction of sp³-hybridized carbons (Fsp3) is 0.258. The third-order valence-corrected chi connectivity index (χ3v) is 6.93. The fourth-order valence-electron chi connectivity index (χ4n) is 4.19. The van der Waals surface area contributed by atoms with E-state index in [1.807, 2.05) is 39.0 Å². The van der Waals surface area contributed by atoms with E-state index in [2.05, 4.69) is 5.32 Å². The Labute approximate surface area is 241 Å². The van der Waals surface area contributed by atoms with Crippen molar-refractivity contribution >= 4 is 34.9 Å². The average Bonchev–Trinajstić information content (AvgIpc) is 3.38. The molecular weight excluding hydrogens is 553 g/mol. The predicted molar refractivity (Wildman–Crippen MR) is 155 cm³/mol. The molecule has 1 heterocycles. The third-order valence-electron chi connectivity index (χ3n) is 6.70. The van der Waals surface area contributed by atoms with Gasteiger partial charge in [-0.05, 0) is 67.1 Å². The molecular formula is C31H30ClF3N4O2. The number of benzene rings is 3. The maximum atomic E-state index is 13.6. The van der Waals surface area contributed by atoms with Crippen LogP contribution in [0.4, 0.5) is 24.7 Å². The summed E-state index contributed by atoms with van der Waals surface area (Å²) in [5, 5.41) is 7.91. The first-order chi connectivity index (χ1) is 19.1. The number of halogens is 4. The molecule has 1 atom stereocenters. The van der Waals surface area contributed by atoms with Crippen LogP contribution in [0.15, 0.2) is 78.9 Å². The van der Waals surface area contributed by atoms with Gasteiger partial charge in [-0.15, -0.1) is 0 Å². The molecule has 4 rings (SSSR count). The van der Waals surface area contributed by atoms with Gasteiger partial charge in [0.15, 0.2) is 0 Å². The molecule has 1 aromatic heterocycles. The van der Waals surface area contributed by atoms with Gasteiger partial charge in [-0.25, -0.2) is 4.68 Å². The van der Waals surface area contributed by atoms with E-state index in [1.54, 1.807) is 60.0 Å². The lowest BCUT2D eigenvalue weighted by Gasteiger charge is -2.22. The summed E-state index contributed by atoms with van der Waals surface area (Å²) in [7, 11) is 1.69. The van der Waals surface area contributed by atoms with E-state index >= 15 is 0 Å². The summed E-state index contributed by atoms with van der Waals surface area (Å²) >= 11 is 6.23. The van der Waals surface area contributed by atoms with Crippen molar-refractivity contribution in [3.63, 3.8) is 0 Å². The molecule has 0 fully saturated rings. The van der Waals surface area contributed by atoms with Gasteiger partial charge in [0.2, 0.25) is 5.91 Å². The van der Waals surface area contributed by atoms with Crippen molar-refractivity contribution in [1.29, 1.82) is 0 Å². The first-order valence-corrected chi connectivity index (χ1v) is 13.3. The van der Waals surface area contributed by atoms with Gasteiger partial charge in [-0.2, -0.15) is 18.3 Å². The fourth-order valence-corrected chi connectivity index (χ4v) is 4.37. The van der Waals surface area contributed by atoms with E-state index in [1.165, 1.54) is 12.1 Å². The molecule has 3 aromatic carbocycles. The van der Waals surface area contributed by atoms with Gasteiger partial charge >= 0.3 is 6.18 Å². The molecule has 0 saturated carbocycles. The second kappa shape index (κ2) is 11.4. The molecule has 0 aliphatic rings. The second-order valence-electron chi connectivity index (χ2n) is 10.8. The Hall–Kier alpha value is -4.11. The summed E-state index contributed by atoms with van der Waals surface area (Å²) in [4.78, 5) is 27.8. The molecule has 0 aliphatic carbocycles. The highest BCUT2D eigenvalue weighted by Gasteiger charge is 2.30. The first kappa shape index (κ1) is 29.9. The summed E-state index contributed by atoms with van der Waals surface area (Å²) in [5.74, 6) is -0.627. The number of likely N-dealkylation sites (N-methyl/N-ethyl adjacent to an activating group) is 1. The largest absolute Gasteiger partial charge is 0.416 e. The summed E-state index contributed by atoms with van der Waals surface area (Å²) in [6, 6.07) is 19.9. The molecule has 4 aromatic rings. The number of nitrogens with zero attached hydrogens (tertiary/aromatic N) is 3. The number of hydrogen-bond donors (Lipinski definition) is 1. The van der Waals surface area contributed by atoms with Crippen LogP contribution in [0.2, 0.25) is 5.02 Å². The summed E-state index contributed by atoms with van der Waals surface area (Å²) in [6.07, 6.45) is -4.45. The minimum absolute atomic E-state index is 0.185. The third kappa shape index (κ3) is 6.79. The molecule has 1 unspecified atom stereocenters. The highest BCUT2D eigenvalue weighted by Crippen LogP contribution is 2.32. The zero-order valence-electron chi connectivity index (χ0n) is 23.3. The Kier molecular flexibility index (Phi) is 8.31. The van der Waals surface area contributed by atoms with Crippen LogP contribution in [-0.4, -0.2) is 28.6 Å². The van der Waals surface area contributed by atoms with Gasteiger partial charge in [0.1, 0.15) is 5.82 Å². The first-order valence-electron chi connectivity index (χ1n) is 12.9. The summed E-state index contributed by atoms with van der Waals surface area (Å²) < 4.78 is 40.1. The van der Waals surface area contributed by atoms with Crippen LogP contribution < -0.4 is 10.2 Å². The lowest BCUT2D eigenvalue weighted by Crippen LogP contribution is -2.32. The van der Waals surface area contributed by atoms with Gasteiger partial charge in [-0.3, -0.25) is 14.5 Å². The number of alkyl halides is 3. The monoisotopic (exact) mass is 582 g/mol. The van der Waals surface area contributed by atoms with E-state index < -0.39 is 23.6 Å². The Bertz CT molecular complexity index is 1560. The molecule has 2 amide bonds. The minimum Gasteiger partial charge on any atom is -0.322 e. The van der Waals surface area contributed by atoms with Crippen LogP contribution in [0.3, 0.4) is 0 Å². The standard InChI is InChI=1S/C31H30ClF3N4O2/c1-19(20-9-11-21(12-10-20)28(40)36-24-15-13-22(14-16-24)31(33,34)35)29(41)38(5)27-18-26(30(2,3)4)37-39(27)25-8-6-7-23(32)17-25/h6-19H,1-5H3,(H,36,40). The number of amides is 2. The molecule has 0 aliphatic heterocycles. The number of anilines is 2. The Morgan fingerprint density at radius 2 is 1.59 bits per heavy atom. The highest BCUT2D eigenvalue weighted by atomic mass is 35.5. The quantitative estimate of drug-likeness (QED) is 0.252. The van der Waals surface area contributed by atoms with Gasteiger partial charge in [-0.1, -0.05) is 50.6 Å². The molecule has 0 saturated heterocycles. The van der Waals surface area contributed by atoms with Gasteiger partial charge < -0.3 is 5.32 Å². The Morgan fingerprint density at radius 1 is 0.951 bits per heavy atom. The zero-order valence-corrected chi connectivity index (χ0v) is 24.0. The molecule has 6 nitrogen and oxygen atoms in total. The van der Waals surface area contributed by atoms with E-state index in [0.717, 1.165) is 23.5 Å². The summed E-state index contributed by atoms with van der Waals surface area (Å²) in [5.41, 5.74) is 1.71. The average molecular weight is 583 g/mol. The molecule has 41 heavy (non-hydrogen) atoms. The van der Waals surface area contributed by atoms with Crippen LogP contribution in [0.25, 0.3) is 5.69 Å². The molecule has 0 bridgehead atoms. The van der Waals surface area contributed by atoms with Crippen molar-refractivity contribution in [3.8, 4) is 5.69 Å². The summed E-state index contributed by atoms with van der Waals surface area (Å²) in [6.45, 7) is 7.91. The molecule has 0 spiro atoms. The van der Waals surface area contributed by atoms with E-state index in [9.17, 15) is 22.8 Å².